The Labute approximate surface area is 188 Å². The molecule has 11 N–H and O–H groups in total. The van der Waals surface area contributed by atoms with E-state index in [-0.39, 0.29) is 6.42 Å². The summed E-state index contributed by atoms with van der Waals surface area (Å²) in [5.74, 6) is -7.60. The molecular weight excluding hydrogens is 446 g/mol. The summed E-state index contributed by atoms with van der Waals surface area (Å²) in [7, 11) is 0. The number of nitrogens with two attached hydrogens (primary N) is 2. The van der Waals surface area contributed by atoms with Crippen molar-refractivity contribution in [3.63, 3.8) is 0 Å². The van der Waals surface area contributed by atoms with Crippen LogP contribution in [0.25, 0.3) is 0 Å². The lowest BCUT2D eigenvalue weighted by Gasteiger charge is -2.25. The molecule has 0 radical (unpaired) electrons. The van der Waals surface area contributed by atoms with Crippen LogP contribution >= 0.6 is 0 Å². The minimum absolute atomic E-state index is 0.0137. The van der Waals surface area contributed by atoms with E-state index in [1.165, 1.54) is 0 Å². The normalized spacial score (nSPS) is 15.3. The molecule has 0 saturated heterocycles. The highest BCUT2D eigenvalue weighted by Crippen LogP contribution is 2.04. The molecule has 15 nitrogen and oxygen atoms in total. The lowest BCUT2D eigenvalue weighted by atomic mass is 10.1. The van der Waals surface area contributed by atoms with E-state index in [1.54, 1.807) is 0 Å². The number of amides is 3. The summed E-state index contributed by atoms with van der Waals surface area (Å²) in [4.78, 5) is 70.2. The zero-order chi connectivity index (χ0) is 25.7. The summed E-state index contributed by atoms with van der Waals surface area (Å²) in [5.41, 5.74) is 10.7. The fourth-order valence-corrected chi connectivity index (χ4v) is 2.61. The molecule has 0 aliphatic rings. The van der Waals surface area contributed by atoms with E-state index >= 15 is 0 Å². The van der Waals surface area contributed by atoms with Crippen LogP contribution in [0.3, 0.4) is 0 Å². The van der Waals surface area contributed by atoms with Crippen LogP contribution in [-0.2, 0) is 28.8 Å². The Hall–Kier alpha value is -3.30. The Morgan fingerprint density at radius 3 is 1.79 bits per heavy atom. The number of aliphatic carboxylic acids is 3. The maximum absolute atomic E-state index is 12.5. The van der Waals surface area contributed by atoms with Crippen molar-refractivity contribution < 1.29 is 49.2 Å². The highest BCUT2D eigenvalue weighted by molar-refractivity contribution is 5.96. The zero-order valence-electron chi connectivity index (χ0n) is 18.0. The van der Waals surface area contributed by atoms with Gasteiger partial charge in [0.2, 0.25) is 17.7 Å². The van der Waals surface area contributed by atoms with Crippen molar-refractivity contribution in [2.45, 2.75) is 69.3 Å². The van der Waals surface area contributed by atoms with E-state index in [1.807, 2.05) is 10.6 Å². The first kappa shape index (κ1) is 29.7. The average Bonchev–Trinajstić information content (AvgIpc) is 2.69. The lowest BCUT2D eigenvalue weighted by molar-refractivity contribution is -0.144. The van der Waals surface area contributed by atoms with Gasteiger partial charge in [-0.25, -0.2) is 4.79 Å². The summed E-state index contributed by atoms with van der Waals surface area (Å²) in [6.45, 7) is 1.41. The quantitative estimate of drug-likeness (QED) is 0.0972. The highest BCUT2D eigenvalue weighted by Gasteiger charge is 2.33. The highest BCUT2D eigenvalue weighted by atomic mass is 16.4. The van der Waals surface area contributed by atoms with Gasteiger partial charge in [-0.1, -0.05) is 0 Å². The van der Waals surface area contributed by atoms with E-state index in [2.05, 4.69) is 5.32 Å². The third-order valence-electron chi connectivity index (χ3n) is 4.37. The molecule has 5 unspecified atom stereocenters. The molecule has 0 aromatic carbocycles. The topological polar surface area (TPSA) is 271 Å². The Balaban J connectivity index is 5.41. The largest absolute Gasteiger partial charge is 0.481 e. The zero-order valence-corrected chi connectivity index (χ0v) is 18.0. The van der Waals surface area contributed by atoms with Gasteiger partial charge in [-0.15, -0.1) is 0 Å². The number of carboxylic acid groups (broad SMARTS) is 3. The van der Waals surface area contributed by atoms with Gasteiger partial charge >= 0.3 is 17.9 Å². The fraction of sp³-hybridized carbons (Fsp3) is 0.667. The number of carbonyl (C=O) groups excluding carboxylic acids is 3. The Morgan fingerprint density at radius 2 is 1.33 bits per heavy atom. The van der Waals surface area contributed by atoms with Crippen molar-refractivity contribution in [3.05, 3.63) is 0 Å². The van der Waals surface area contributed by atoms with Gasteiger partial charge in [0.1, 0.15) is 18.1 Å². The van der Waals surface area contributed by atoms with E-state index < -0.39 is 78.7 Å². The number of nitrogens with one attached hydrogen (secondary N) is 3. The van der Waals surface area contributed by atoms with Crippen molar-refractivity contribution >= 4 is 35.6 Å². The van der Waals surface area contributed by atoms with Gasteiger partial charge in [0.05, 0.1) is 25.0 Å². The van der Waals surface area contributed by atoms with Crippen LogP contribution in [0.4, 0.5) is 0 Å². The minimum Gasteiger partial charge on any atom is -0.481 e. The summed E-state index contributed by atoms with van der Waals surface area (Å²) in [6.07, 6.45) is -2.34. The monoisotopic (exact) mass is 477 g/mol. The maximum atomic E-state index is 12.5. The molecule has 0 aromatic heterocycles. The van der Waals surface area contributed by atoms with Crippen LogP contribution in [0, 0.1) is 0 Å². The lowest BCUT2D eigenvalue weighted by Crippen LogP contribution is -2.60. The molecule has 0 saturated carbocycles. The van der Waals surface area contributed by atoms with E-state index in [0.717, 1.165) is 6.92 Å². The number of carbonyl (C=O) groups is 6. The standard InChI is InChI=1S/C18H31N5O10/c1-8(24)14(23-15(29)9(20)6-12(25)26)17(31)22-11(7-13(27)28)16(30)21-10(18(32)33)4-2-3-5-19/h8-11,14,24H,2-7,19-20H2,1H3,(H,21,30)(H,22,31)(H,23,29)(H,25,26)(H,27,28)(H,32,33). The number of hydrogen-bond acceptors (Lipinski definition) is 9. The smallest absolute Gasteiger partial charge is 0.326 e. The predicted molar refractivity (Wildman–Crippen MR) is 110 cm³/mol. The Morgan fingerprint density at radius 1 is 0.788 bits per heavy atom. The van der Waals surface area contributed by atoms with E-state index in [0.29, 0.717) is 19.4 Å². The van der Waals surface area contributed by atoms with Crippen LogP contribution in [0.2, 0.25) is 0 Å². The number of unbranched alkanes of at least 4 members (excludes halogenated alkanes) is 1. The molecule has 0 aromatic rings. The molecule has 0 heterocycles. The molecule has 188 valence electrons. The van der Waals surface area contributed by atoms with Crippen molar-refractivity contribution in [1.82, 2.24) is 16.0 Å². The SMILES string of the molecule is CC(O)C(NC(=O)C(N)CC(=O)O)C(=O)NC(CC(=O)O)C(=O)NC(CCCCN)C(=O)O. The molecule has 15 heteroatoms. The second-order valence-electron chi connectivity index (χ2n) is 7.27. The average molecular weight is 477 g/mol. The van der Waals surface area contributed by atoms with Gasteiger partial charge in [0.15, 0.2) is 0 Å². The summed E-state index contributed by atoms with van der Waals surface area (Å²) >= 11 is 0. The molecule has 0 aliphatic carbocycles. The molecule has 0 fully saturated rings. The van der Waals surface area contributed by atoms with Crippen molar-refractivity contribution in [1.29, 1.82) is 0 Å². The molecule has 5 atom stereocenters. The number of aliphatic hydroxyl groups excluding tert-OH is 1. The summed E-state index contributed by atoms with van der Waals surface area (Å²) in [6, 6.07) is -6.35. The van der Waals surface area contributed by atoms with Crippen LogP contribution in [0.5, 0.6) is 0 Å². The molecule has 0 spiro atoms. The number of hydrogen-bond donors (Lipinski definition) is 9. The number of carboxylic acids is 3. The first-order chi connectivity index (χ1) is 15.3. The Kier molecular flexibility index (Phi) is 13.2. The Bertz CT molecular complexity index is 729. The third-order valence-corrected chi connectivity index (χ3v) is 4.37. The van der Waals surface area contributed by atoms with Crippen molar-refractivity contribution in [3.8, 4) is 0 Å². The minimum atomic E-state index is -1.74. The molecule has 0 rings (SSSR count). The van der Waals surface area contributed by atoms with Crippen LogP contribution in [0.15, 0.2) is 0 Å². The summed E-state index contributed by atoms with van der Waals surface area (Å²) in [5, 5.41) is 43.1. The van der Waals surface area contributed by atoms with E-state index in [4.69, 9.17) is 21.7 Å². The third kappa shape index (κ3) is 11.8. The van der Waals surface area contributed by atoms with Gasteiger partial charge < -0.3 is 47.8 Å². The first-order valence-corrected chi connectivity index (χ1v) is 10.0. The van der Waals surface area contributed by atoms with Crippen LogP contribution < -0.4 is 27.4 Å². The van der Waals surface area contributed by atoms with Crippen LogP contribution in [-0.4, -0.2) is 92.9 Å². The maximum Gasteiger partial charge on any atom is 0.326 e. The summed E-state index contributed by atoms with van der Waals surface area (Å²) < 4.78 is 0. The van der Waals surface area contributed by atoms with Crippen molar-refractivity contribution in [2.75, 3.05) is 6.54 Å². The van der Waals surface area contributed by atoms with Gasteiger partial charge in [0, 0.05) is 0 Å². The van der Waals surface area contributed by atoms with E-state index in [9.17, 15) is 39.0 Å². The molecule has 0 aliphatic heterocycles. The fourth-order valence-electron chi connectivity index (χ4n) is 2.61. The van der Waals surface area contributed by atoms with Crippen molar-refractivity contribution in [2.24, 2.45) is 11.5 Å². The second-order valence-corrected chi connectivity index (χ2v) is 7.27. The van der Waals surface area contributed by atoms with Gasteiger partial charge in [-0.3, -0.25) is 24.0 Å². The van der Waals surface area contributed by atoms with Crippen LogP contribution in [0.1, 0.15) is 39.0 Å². The number of aliphatic hydroxyl groups is 1. The first-order valence-electron chi connectivity index (χ1n) is 10.0. The molecular formula is C18H31N5O10. The van der Waals surface area contributed by atoms with Gasteiger partial charge in [-0.2, -0.15) is 0 Å². The second kappa shape index (κ2) is 14.7. The molecule has 0 bridgehead atoms. The number of rotatable bonds is 16. The molecule has 33 heavy (non-hydrogen) atoms. The predicted octanol–water partition coefficient (Wildman–Crippen LogP) is -3.69. The molecule has 3 amide bonds. The van der Waals surface area contributed by atoms with Gasteiger partial charge in [-0.05, 0) is 32.7 Å². The van der Waals surface area contributed by atoms with Gasteiger partial charge in [0.25, 0.3) is 0 Å².